The zero-order valence-corrected chi connectivity index (χ0v) is 9.32. The molecule has 0 spiro atoms. The van der Waals surface area contributed by atoms with E-state index in [4.69, 9.17) is 4.42 Å². The molecule has 1 aromatic carbocycles. The molecule has 84 valence electrons. The number of aromatic hydroxyl groups is 1. The quantitative estimate of drug-likeness (QED) is 0.777. The average Bonchev–Trinajstić information content (AvgIpc) is 2.74. The van der Waals surface area contributed by atoms with Crippen LogP contribution in [0.4, 0.5) is 5.69 Å². The van der Waals surface area contributed by atoms with E-state index in [0.717, 1.165) is 22.6 Å². The number of oxazole rings is 1. The Bertz CT molecular complexity index is 478. The number of benzene rings is 1. The highest BCUT2D eigenvalue weighted by Crippen LogP contribution is 2.25. The lowest BCUT2D eigenvalue weighted by Crippen LogP contribution is -2.00. The van der Waals surface area contributed by atoms with Crippen LogP contribution in [-0.2, 0) is 6.54 Å². The van der Waals surface area contributed by atoms with E-state index in [0.29, 0.717) is 12.3 Å². The molecule has 2 N–H and O–H groups in total. The standard InChI is InChI=1S/C12H14N2O2/c1-8-4-12(15)9(2)3-11(8)14-6-10-5-13-7-16-10/h3-5,7,14-15H,6H2,1-2H3. The van der Waals surface area contributed by atoms with Gasteiger partial charge in [0.25, 0.3) is 0 Å². The van der Waals surface area contributed by atoms with Crippen LogP contribution >= 0.6 is 0 Å². The molecule has 0 saturated carbocycles. The third-order valence-electron chi connectivity index (χ3n) is 2.48. The van der Waals surface area contributed by atoms with E-state index in [1.165, 1.54) is 6.39 Å². The fraction of sp³-hybridized carbons (Fsp3) is 0.250. The van der Waals surface area contributed by atoms with E-state index < -0.39 is 0 Å². The Labute approximate surface area is 93.9 Å². The van der Waals surface area contributed by atoms with Gasteiger partial charge in [0.15, 0.2) is 6.39 Å². The van der Waals surface area contributed by atoms with Crippen LogP contribution < -0.4 is 5.32 Å². The Hall–Kier alpha value is -1.97. The molecule has 4 nitrogen and oxygen atoms in total. The maximum atomic E-state index is 9.52. The number of phenolic OH excluding ortho intramolecular Hbond substituents is 1. The summed E-state index contributed by atoms with van der Waals surface area (Å²) in [6.45, 7) is 4.40. The average molecular weight is 218 g/mol. The van der Waals surface area contributed by atoms with Gasteiger partial charge in [-0.1, -0.05) is 0 Å². The van der Waals surface area contributed by atoms with Crippen LogP contribution in [0.1, 0.15) is 16.9 Å². The molecule has 0 aliphatic rings. The second kappa shape index (κ2) is 4.26. The minimum absolute atomic E-state index is 0.322. The summed E-state index contributed by atoms with van der Waals surface area (Å²) in [5, 5.41) is 12.8. The summed E-state index contributed by atoms with van der Waals surface area (Å²) >= 11 is 0. The van der Waals surface area contributed by atoms with Gasteiger partial charge in [0.2, 0.25) is 0 Å². The number of aromatic nitrogens is 1. The minimum atomic E-state index is 0.322. The van der Waals surface area contributed by atoms with Gasteiger partial charge < -0.3 is 14.8 Å². The molecule has 1 heterocycles. The molecular formula is C12H14N2O2. The van der Waals surface area contributed by atoms with Gasteiger partial charge in [0, 0.05) is 5.69 Å². The number of hydrogen-bond acceptors (Lipinski definition) is 4. The van der Waals surface area contributed by atoms with Crippen molar-refractivity contribution < 1.29 is 9.52 Å². The summed E-state index contributed by atoms with van der Waals surface area (Å²) in [5.41, 5.74) is 2.85. The van der Waals surface area contributed by atoms with Crippen LogP contribution in [0.5, 0.6) is 5.75 Å². The molecule has 1 aromatic heterocycles. The SMILES string of the molecule is Cc1cc(NCc2cnco2)c(C)cc1O. The van der Waals surface area contributed by atoms with Gasteiger partial charge in [0.1, 0.15) is 11.5 Å². The van der Waals surface area contributed by atoms with Crippen molar-refractivity contribution in [2.75, 3.05) is 5.32 Å². The first-order valence-corrected chi connectivity index (χ1v) is 5.08. The monoisotopic (exact) mass is 218 g/mol. The van der Waals surface area contributed by atoms with Gasteiger partial charge in [-0.3, -0.25) is 0 Å². The largest absolute Gasteiger partial charge is 0.508 e. The molecule has 0 radical (unpaired) electrons. The van der Waals surface area contributed by atoms with Gasteiger partial charge in [-0.15, -0.1) is 0 Å². The maximum Gasteiger partial charge on any atom is 0.180 e. The Morgan fingerprint density at radius 1 is 1.31 bits per heavy atom. The van der Waals surface area contributed by atoms with Crippen LogP contribution in [0.25, 0.3) is 0 Å². The molecule has 0 aliphatic carbocycles. The molecule has 0 aliphatic heterocycles. The number of phenols is 1. The summed E-state index contributed by atoms with van der Waals surface area (Å²) in [6.07, 6.45) is 3.08. The van der Waals surface area contributed by atoms with E-state index in [-0.39, 0.29) is 0 Å². The van der Waals surface area contributed by atoms with Gasteiger partial charge >= 0.3 is 0 Å². The highest BCUT2D eigenvalue weighted by atomic mass is 16.3. The van der Waals surface area contributed by atoms with Crippen molar-refractivity contribution in [2.24, 2.45) is 0 Å². The summed E-state index contributed by atoms with van der Waals surface area (Å²) in [4.78, 5) is 3.84. The third kappa shape index (κ3) is 2.16. The van der Waals surface area contributed by atoms with Gasteiger partial charge in [-0.2, -0.15) is 0 Å². The fourth-order valence-electron chi connectivity index (χ4n) is 1.50. The van der Waals surface area contributed by atoms with E-state index >= 15 is 0 Å². The Kier molecular flexibility index (Phi) is 2.81. The molecule has 0 saturated heterocycles. The van der Waals surface area contributed by atoms with Crippen LogP contribution in [-0.4, -0.2) is 10.1 Å². The molecule has 0 bridgehead atoms. The Morgan fingerprint density at radius 2 is 2.12 bits per heavy atom. The highest BCUT2D eigenvalue weighted by Gasteiger charge is 2.04. The van der Waals surface area contributed by atoms with Crippen molar-refractivity contribution in [3.63, 3.8) is 0 Å². The summed E-state index contributed by atoms with van der Waals surface area (Å²) in [7, 11) is 0. The second-order valence-corrected chi connectivity index (χ2v) is 3.77. The predicted octanol–water partition coefficient (Wildman–Crippen LogP) is 2.61. The van der Waals surface area contributed by atoms with E-state index in [1.807, 2.05) is 19.9 Å². The molecule has 2 aromatic rings. The smallest absolute Gasteiger partial charge is 0.180 e. The second-order valence-electron chi connectivity index (χ2n) is 3.77. The molecule has 4 heteroatoms. The number of nitrogens with one attached hydrogen (secondary N) is 1. The molecule has 2 rings (SSSR count). The molecule has 16 heavy (non-hydrogen) atoms. The first-order chi connectivity index (χ1) is 7.66. The first-order valence-electron chi connectivity index (χ1n) is 5.08. The Morgan fingerprint density at radius 3 is 2.81 bits per heavy atom. The lowest BCUT2D eigenvalue weighted by molar-refractivity contribution is 0.470. The lowest BCUT2D eigenvalue weighted by Gasteiger charge is -2.10. The van der Waals surface area contributed by atoms with Crippen molar-refractivity contribution in [3.05, 3.63) is 41.6 Å². The number of anilines is 1. The van der Waals surface area contributed by atoms with Gasteiger partial charge in [-0.25, -0.2) is 4.98 Å². The lowest BCUT2D eigenvalue weighted by atomic mass is 10.1. The summed E-state index contributed by atoms with van der Waals surface area (Å²) in [6, 6.07) is 3.67. The molecule has 0 amide bonds. The zero-order chi connectivity index (χ0) is 11.5. The summed E-state index contributed by atoms with van der Waals surface area (Å²) < 4.78 is 5.13. The molecule has 0 atom stereocenters. The van der Waals surface area contributed by atoms with Crippen LogP contribution in [0.15, 0.2) is 29.1 Å². The Balaban J connectivity index is 2.12. The summed E-state index contributed by atoms with van der Waals surface area (Å²) in [5.74, 6) is 1.10. The zero-order valence-electron chi connectivity index (χ0n) is 9.32. The molecule has 0 unspecified atom stereocenters. The van der Waals surface area contributed by atoms with E-state index in [1.54, 1.807) is 12.3 Å². The van der Waals surface area contributed by atoms with Crippen LogP contribution in [0, 0.1) is 13.8 Å². The normalized spacial score (nSPS) is 10.4. The van der Waals surface area contributed by atoms with Crippen molar-refractivity contribution in [3.8, 4) is 5.75 Å². The maximum absolute atomic E-state index is 9.52. The first kappa shape index (κ1) is 10.5. The van der Waals surface area contributed by atoms with E-state index in [9.17, 15) is 5.11 Å². The van der Waals surface area contributed by atoms with Crippen molar-refractivity contribution >= 4 is 5.69 Å². The van der Waals surface area contributed by atoms with Crippen molar-refractivity contribution in [1.82, 2.24) is 4.98 Å². The number of nitrogens with zero attached hydrogens (tertiary/aromatic N) is 1. The topological polar surface area (TPSA) is 58.3 Å². The van der Waals surface area contributed by atoms with Gasteiger partial charge in [0.05, 0.1) is 12.7 Å². The number of aryl methyl sites for hydroxylation is 2. The molecule has 0 fully saturated rings. The van der Waals surface area contributed by atoms with E-state index in [2.05, 4.69) is 10.3 Å². The molecular weight excluding hydrogens is 204 g/mol. The number of hydrogen-bond donors (Lipinski definition) is 2. The van der Waals surface area contributed by atoms with Crippen LogP contribution in [0.3, 0.4) is 0 Å². The fourth-order valence-corrected chi connectivity index (χ4v) is 1.50. The highest BCUT2D eigenvalue weighted by molar-refractivity contribution is 5.56. The van der Waals surface area contributed by atoms with Crippen LogP contribution in [0.2, 0.25) is 0 Å². The third-order valence-corrected chi connectivity index (χ3v) is 2.48. The minimum Gasteiger partial charge on any atom is -0.508 e. The number of rotatable bonds is 3. The van der Waals surface area contributed by atoms with Gasteiger partial charge in [-0.05, 0) is 37.1 Å². The van der Waals surface area contributed by atoms with Crippen molar-refractivity contribution in [2.45, 2.75) is 20.4 Å². The van der Waals surface area contributed by atoms with Crippen molar-refractivity contribution in [1.29, 1.82) is 0 Å². The predicted molar refractivity (Wildman–Crippen MR) is 61.4 cm³/mol.